The summed E-state index contributed by atoms with van der Waals surface area (Å²) in [6, 6.07) is 0.509. The number of methoxy groups -OCH3 is 1. The van der Waals surface area contributed by atoms with Crippen LogP contribution in [0.15, 0.2) is 0 Å². The predicted molar refractivity (Wildman–Crippen MR) is 44.2 cm³/mol. The Labute approximate surface area is 64.2 Å². The van der Waals surface area contributed by atoms with E-state index < -0.39 is 0 Å². The Morgan fingerprint density at radius 3 is 2.20 bits per heavy atom. The highest BCUT2D eigenvalue weighted by Crippen LogP contribution is 2.03. The van der Waals surface area contributed by atoms with Crippen LogP contribution in [0.4, 0.5) is 0 Å². The summed E-state index contributed by atoms with van der Waals surface area (Å²) >= 11 is 0. The number of hydrogen-bond donors (Lipinski definition) is 0. The third-order valence-corrected chi connectivity index (χ3v) is 2.25. The van der Waals surface area contributed by atoms with Crippen LogP contribution in [0.5, 0.6) is 0 Å². The van der Waals surface area contributed by atoms with Gasteiger partial charge < -0.3 is 9.64 Å². The average Bonchev–Trinajstić information content (AvgIpc) is 2.00. The first-order valence-corrected chi connectivity index (χ1v) is 3.86. The second-order valence-corrected chi connectivity index (χ2v) is 2.75. The van der Waals surface area contributed by atoms with E-state index >= 15 is 0 Å². The molecule has 0 unspecified atom stereocenters. The minimum Gasteiger partial charge on any atom is -0.380 e. The SMILES string of the molecule is CCN(C)[C@H](C)[C@H](C)OC. The molecule has 0 aromatic rings. The molecule has 0 aliphatic heterocycles. The molecule has 0 amide bonds. The molecule has 10 heavy (non-hydrogen) atoms. The van der Waals surface area contributed by atoms with E-state index in [4.69, 9.17) is 4.74 Å². The standard InChI is InChI=1S/C8H19NO/c1-6-9(4)7(2)8(3)10-5/h7-8H,6H2,1-5H3/t7-,8+/m1/s1. The molecule has 0 spiro atoms. The number of nitrogens with zero attached hydrogens (tertiary/aromatic N) is 1. The largest absolute Gasteiger partial charge is 0.380 e. The molecule has 0 saturated heterocycles. The lowest BCUT2D eigenvalue weighted by atomic mass is 10.2. The zero-order valence-electron chi connectivity index (χ0n) is 7.72. The van der Waals surface area contributed by atoms with Crippen LogP contribution in [0.25, 0.3) is 0 Å². The number of hydrogen-bond acceptors (Lipinski definition) is 2. The van der Waals surface area contributed by atoms with Crippen LogP contribution in [-0.4, -0.2) is 37.7 Å². The van der Waals surface area contributed by atoms with E-state index in [0.717, 1.165) is 6.54 Å². The topological polar surface area (TPSA) is 12.5 Å². The highest BCUT2D eigenvalue weighted by Gasteiger charge is 2.13. The minimum atomic E-state index is 0.324. The van der Waals surface area contributed by atoms with Crippen molar-refractivity contribution >= 4 is 0 Å². The Kier molecular flexibility index (Phi) is 4.65. The van der Waals surface area contributed by atoms with Crippen molar-refractivity contribution in [2.75, 3.05) is 20.7 Å². The van der Waals surface area contributed by atoms with E-state index in [1.54, 1.807) is 7.11 Å². The molecule has 0 aromatic carbocycles. The zero-order chi connectivity index (χ0) is 8.15. The predicted octanol–water partition coefficient (Wildman–Crippen LogP) is 1.36. The zero-order valence-corrected chi connectivity index (χ0v) is 7.72. The lowest BCUT2D eigenvalue weighted by molar-refractivity contribution is 0.0460. The molecule has 0 fully saturated rings. The van der Waals surface area contributed by atoms with E-state index in [-0.39, 0.29) is 0 Å². The van der Waals surface area contributed by atoms with E-state index in [0.29, 0.717) is 12.1 Å². The van der Waals surface area contributed by atoms with Gasteiger partial charge in [0, 0.05) is 13.2 Å². The van der Waals surface area contributed by atoms with Gasteiger partial charge in [-0.05, 0) is 27.4 Å². The lowest BCUT2D eigenvalue weighted by Gasteiger charge is -2.27. The van der Waals surface area contributed by atoms with Crippen LogP contribution in [0, 0.1) is 0 Å². The van der Waals surface area contributed by atoms with Gasteiger partial charge in [-0.1, -0.05) is 6.92 Å². The Morgan fingerprint density at radius 1 is 1.40 bits per heavy atom. The van der Waals surface area contributed by atoms with Crippen molar-refractivity contribution < 1.29 is 4.74 Å². The Balaban J connectivity index is 3.69. The average molecular weight is 145 g/mol. The minimum absolute atomic E-state index is 0.324. The van der Waals surface area contributed by atoms with Crippen LogP contribution in [0.2, 0.25) is 0 Å². The molecule has 0 radical (unpaired) electrons. The fourth-order valence-corrected chi connectivity index (χ4v) is 0.843. The quantitative estimate of drug-likeness (QED) is 0.592. The summed E-state index contributed by atoms with van der Waals surface area (Å²) in [5.74, 6) is 0. The molecule has 0 aromatic heterocycles. The maximum absolute atomic E-state index is 5.19. The van der Waals surface area contributed by atoms with Gasteiger partial charge in [0.05, 0.1) is 6.10 Å². The summed E-state index contributed by atoms with van der Waals surface area (Å²) in [6.45, 7) is 7.50. The molecule has 2 nitrogen and oxygen atoms in total. The van der Waals surface area contributed by atoms with Crippen LogP contribution in [-0.2, 0) is 4.74 Å². The molecular formula is C8H19NO. The van der Waals surface area contributed by atoms with Crippen molar-refractivity contribution in [3.05, 3.63) is 0 Å². The fourth-order valence-electron chi connectivity index (χ4n) is 0.843. The third-order valence-electron chi connectivity index (χ3n) is 2.25. The fraction of sp³-hybridized carbons (Fsp3) is 1.00. The highest BCUT2D eigenvalue weighted by atomic mass is 16.5. The number of ether oxygens (including phenoxy) is 1. The first-order chi connectivity index (χ1) is 4.63. The van der Waals surface area contributed by atoms with Crippen molar-refractivity contribution in [2.45, 2.75) is 32.9 Å². The van der Waals surface area contributed by atoms with Crippen LogP contribution in [0.3, 0.4) is 0 Å². The van der Waals surface area contributed by atoms with Gasteiger partial charge >= 0.3 is 0 Å². The molecule has 62 valence electrons. The number of rotatable bonds is 4. The Hall–Kier alpha value is -0.0800. The molecule has 2 heteroatoms. The van der Waals surface area contributed by atoms with Crippen molar-refractivity contribution in [2.24, 2.45) is 0 Å². The van der Waals surface area contributed by atoms with Crippen molar-refractivity contribution in [3.8, 4) is 0 Å². The molecule has 0 N–H and O–H groups in total. The van der Waals surface area contributed by atoms with Crippen LogP contribution >= 0.6 is 0 Å². The smallest absolute Gasteiger partial charge is 0.0695 e. The first-order valence-electron chi connectivity index (χ1n) is 3.86. The summed E-state index contributed by atoms with van der Waals surface area (Å²) < 4.78 is 5.19. The van der Waals surface area contributed by atoms with E-state index in [2.05, 4.69) is 32.7 Å². The van der Waals surface area contributed by atoms with Gasteiger partial charge in [0.1, 0.15) is 0 Å². The maximum Gasteiger partial charge on any atom is 0.0695 e. The summed E-state index contributed by atoms with van der Waals surface area (Å²) in [5, 5.41) is 0. The molecular weight excluding hydrogens is 126 g/mol. The monoisotopic (exact) mass is 145 g/mol. The second-order valence-electron chi connectivity index (χ2n) is 2.75. The lowest BCUT2D eigenvalue weighted by Crippen LogP contribution is -2.38. The van der Waals surface area contributed by atoms with E-state index in [9.17, 15) is 0 Å². The van der Waals surface area contributed by atoms with Gasteiger partial charge in [0.25, 0.3) is 0 Å². The van der Waals surface area contributed by atoms with Gasteiger partial charge in [-0.3, -0.25) is 0 Å². The molecule has 0 bridgehead atoms. The number of likely N-dealkylation sites (N-methyl/N-ethyl adjacent to an activating group) is 1. The Morgan fingerprint density at radius 2 is 1.90 bits per heavy atom. The molecule has 2 atom stereocenters. The second kappa shape index (κ2) is 4.69. The molecule has 0 aliphatic rings. The van der Waals surface area contributed by atoms with E-state index in [1.807, 2.05) is 0 Å². The van der Waals surface area contributed by atoms with Gasteiger partial charge in [0.2, 0.25) is 0 Å². The van der Waals surface area contributed by atoms with Crippen molar-refractivity contribution in [3.63, 3.8) is 0 Å². The van der Waals surface area contributed by atoms with Crippen LogP contribution in [0.1, 0.15) is 20.8 Å². The molecule has 0 rings (SSSR count). The van der Waals surface area contributed by atoms with Crippen LogP contribution < -0.4 is 0 Å². The highest BCUT2D eigenvalue weighted by molar-refractivity contribution is 4.68. The molecule has 0 aliphatic carbocycles. The van der Waals surface area contributed by atoms with Gasteiger partial charge in [-0.2, -0.15) is 0 Å². The molecule has 0 heterocycles. The molecule has 0 saturated carbocycles. The third kappa shape index (κ3) is 2.67. The Bertz CT molecular complexity index is 75.3. The van der Waals surface area contributed by atoms with Gasteiger partial charge in [-0.15, -0.1) is 0 Å². The summed E-state index contributed by atoms with van der Waals surface area (Å²) in [7, 11) is 3.87. The normalized spacial score (nSPS) is 17.4. The van der Waals surface area contributed by atoms with E-state index in [1.165, 1.54) is 0 Å². The summed E-state index contributed by atoms with van der Waals surface area (Å²) in [5.41, 5.74) is 0. The first kappa shape index (κ1) is 9.92. The van der Waals surface area contributed by atoms with Crippen molar-refractivity contribution in [1.29, 1.82) is 0 Å². The maximum atomic E-state index is 5.19. The summed E-state index contributed by atoms with van der Waals surface area (Å²) in [4.78, 5) is 2.27. The van der Waals surface area contributed by atoms with Gasteiger partial charge in [0.15, 0.2) is 0 Å². The van der Waals surface area contributed by atoms with Gasteiger partial charge in [-0.25, -0.2) is 0 Å². The summed E-state index contributed by atoms with van der Waals surface area (Å²) in [6.07, 6.45) is 0.324. The van der Waals surface area contributed by atoms with Crippen molar-refractivity contribution in [1.82, 2.24) is 4.90 Å².